The molecule has 1 rings (SSSR count). The Hall–Kier alpha value is -0.211. The Morgan fingerprint density at radius 2 is 2.33 bits per heavy atom. The Bertz CT molecular complexity index is 65.3. The van der Waals surface area contributed by atoms with Crippen LogP contribution in [0.5, 0.6) is 0 Å². The number of nitrogens with one attached hydrogen (secondary N) is 1. The summed E-state index contributed by atoms with van der Waals surface area (Å²) >= 11 is 0. The van der Waals surface area contributed by atoms with Crippen molar-refractivity contribution in [2.75, 3.05) is 0 Å². The van der Waals surface area contributed by atoms with Gasteiger partial charge in [-0.05, 0) is 0 Å². The number of H-pyrrole nitrogens is 1. The van der Waals surface area contributed by atoms with Crippen molar-refractivity contribution in [2.24, 2.45) is 0 Å². The van der Waals surface area contributed by atoms with E-state index in [1.165, 1.54) is 12.7 Å². The second kappa shape index (κ2) is 3.00. The molecular formula is C2H3IrN3+3. The average Bonchev–Trinajstić information content (AvgIpc) is 1.76. The predicted octanol–water partition coefficient (Wildman–Crippen LogP) is -0.198. The van der Waals surface area contributed by atoms with Crippen LogP contribution in [-0.2, 0) is 20.1 Å². The second-order valence-electron chi connectivity index (χ2n) is 0.652. The summed E-state index contributed by atoms with van der Waals surface area (Å²) in [5.41, 5.74) is 0. The van der Waals surface area contributed by atoms with Crippen LogP contribution < -0.4 is 0 Å². The van der Waals surface area contributed by atoms with E-state index in [9.17, 15) is 0 Å². The molecule has 0 aliphatic heterocycles. The molecule has 0 atom stereocenters. The van der Waals surface area contributed by atoms with E-state index in [4.69, 9.17) is 0 Å². The number of nitrogens with zero attached hydrogens (tertiary/aromatic N) is 2. The van der Waals surface area contributed by atoms with Crippen LogP contribution in [0.25, 0.3) is 0 Å². The Labute approximate surface area is 48.5 Å². The van der Waals surface area contributed by atoms with E-state index in [0.29, 0.717) is 0 Å². The first kappa shape index (κ1) is 5.79. The van der Waals surface area contributed by atoms with Crippen LogP contribution in [0.2, 0.25) is 0 Å². The molecule has 1 aromatic heterocycles. The molecule has 0 radical (unpaired) electrons. The maximum atomic E-state index is 3.56. The van der Waals surface area contributed by atoms with Gasteiger partial charge in [0.15, 0.2) is 0 Å². The molecule has 0 aromatic carbocycles. The molecule has 4 heteroatoms. The summed E-state index contributed by atoms with van der Waals surface area (Å²) in [4.78, 5) is 3.56. The zero-order chi connectivity index (χ0) is 3.54. The van der Waals surface area contributed by atoms with Gasteiger partial charge in [-0.25, -0.2) is 4.98 Å². The molecular weight excluding hydrogens is 258 g/mol. The van der Waals surface area contributed by atoms with E-state index >= 15 is 0 Å². The minimum absolute atomic E-state index is 0. The number of rotatable bonds is 0. The molecule has 32 valence electrons. The largest absolute Gasteiger partial charge is 3.00 e. The second-order valence-corrected chi connectivity index (χ2v) is 0.652. The predicted molar refractivity (Wildman–Crippen MR) is 16.4 cm³/mol. The van der Waals surface area contributed by atoms with Crippen LogP contribution in [0, 0.1) is 0 Å². The van der Waals surface area contributed by atoms with Crippen LogP contribution in [0.15, 0.2) is 12.7 Å². The molecule has 0 spiro atoms. The maximum Gasteiger partial charge on any atom is 3.00 e. The van der Waals surface area contributed by atoms with E-state index in [2.05, 4.69) is 15.2 Å². The van der Waals surface area contributed by atoms with Gasteiger partial charge in [-0.15, -0.1) is 0 Å². The molecule has 1 heterocycles. The van der Waals surface area contributed by atoms with Crippen LogP contribution in [0.3, 0.4) is 0 Å². The standard InChI is InChI=1S/C2H3N3.Ir/c1-3-2-5-4-1;/h1-2H,(H,3,4,5);/q;+3. The Balaban J connectivity index is 0.000000250. The van der Waals surface area contributed by atoms with E-state index in [1.54, 1.807) is 0 Å². The number of aromatic amines is 1. The summed E-state index contributed by atoms with van der Waals surface area (Å²) in [5.74, 6) is 0. The quantitative estimate of drug-likeness (QED) is 0.703. The fourth-order valence-electron chi connectivity index (χ4n) is 0.167. The van der Waals surface area contributed by atoms with Gasteiger partial charge >= 0.3 is 20.1 Å². The molecule has 0 aliphatic rings. The van der Waals surface area contributed by atoms with Crippen LogP contribution in [0.4, 0.5) is 0 Å². The van der Waals surface area contributed by atoms with Crippen LogP contribution in [0.1, 0.15) is 0 Å². The zero-order valence-corrected chi connectivity index (χ0v) is 5.28. The summed E-state index contributed by atoms with van der Waals surface area (Å²) in [6, 6.07) is 0. The molecule has 3 nitrogen and oxygen atoms in total. The molecule has 0 saturated carbocycles. The minimum atomic E-state index is 0. The SMILES string of the molecule is [Ir+3].c1nc[nH]n1. The summed E-state index contributed by atoms with van der Waals surface area (Å²) < 4.78 is 0. The van der Waals surface area contributed by atoms with Crippen LogP contribution in [-0.4, -0.2) is 15.2 Å². The number of hydrogen-bond donors (Lipinski definition) is 1. The minimum Gasteiger partial charge on any atom is -0.266 e. The van der Waals surface area contributed by atoms with Crippen molar-refractivity contribution in [1.82, 2.24) is 15.2 Å². The molecule has 0 unspecified atom stereocenters. The van der Waals surface area contributed by atoms with E-state index in [0.717, 1.165) is 0 Å². The third kappa shape index (κ3) is 1.29. The average molecular weight is 261 g/mol. The first-order valence-corrected chi connectivity index (χ1v) is 1.29. The van der Waals surface area contributed by atoms with Gasteiger partial charge in [-0.1, -0.05) is 0 Å². The molecule has 1 N–H and O–H groups in total. The van der Waals surface area contributed by atoms with Gasteiger partial charge in [0, 0.05) is 0 Å². The fraction of sp³-hybridized carbons (Fsp3) is 0. The molecule has 1 aromatic rings. The Kier molecular flexibility index (Phi) is 2.89. The molecule has 0 bridgehead atoms. The zero-order valence-electron chi connectivity index (χ0n) is 2.88. The van der Waals surface area contributed by atoms with Gasteiger partial charge < -0.3 is 0 Å². The number of hydrogen-bond acceptors (Lipinski definition) is 2. The van der Waals surface area contributed by atoms with Gasteiger partial charge in [-0.3, -0.25) is 5.10 Å². The Morgan fingerprint density at radius 1 is 1.50 bits per heavy atom. The molecule has 0 aliphatic carbocycles. The summed E-state index contributed by atoms with van der Waals surface area (Å²) in [7, 11) is 0. The van der Waals surface area contributed by atoms with Gasteiger partial charge in [0.25, 0.3) is 0 Å². The van der Waals surface area contributed by atoms with Crippen molar-refractivity contribution in [1.29, 1.82) is 0 Å². The normalized spacial score (nSPS) is 6.67. The Morgan fingerprint density at radius 3 is 2.50 bits per heavy atom. The van der Waals surface area contributed by atoms with Crippen molar-refractivity contribution in [3.63, 3.8) is 0 Å². The molecule has 0 amide bonds. The van der Waals surface area contributed by atoms with Gasteiger partial charge in [0.05, 0.1) is 0 Å². The van der Waals surface area contributed by atoms with E-state index < -0.39 is 0 Å². The van der Waals surface area contributed by atoms with E-state index in [-0.39, 0.29) is 20.1 Å². The van der Waals surface area contributed by atoms with Crippen LogP contribution >= 0.6 is 0 Å². The maximum absolute atomic E-state index is 3.56. The first-order valence-electron chi connectivity index (χ1n) is 1.29. The summed E-state index contributed by atoms with van der Waals surface area (Å²) in [6.45, 7) is 0. The third-order valence-electron chi connectivity index (χ3n) is 0.331. The molecule has 0 saturated heterocycles. The summed E-state index contributed by atoms with van der Waals surface area (Å²) in [6.07, 6.45) is 2.96. The van der Waals surface area contributed by atoms with Crippen molar-refractivity contribution < 1.29 is 20.1 Å². The van der Waals surface area contributed by atoms with Crippen molar-refractivity contribution in [2.45, 2.75) is 0 Å². The van der Waals surface area contributed by atoms with Crippen molar-refractivity contribution in [3.8, 4) is 0 Å². The monoisotopic (exact) mass is 262 g/mol. The summed E-state index contributed by atoms with van der Waals surface area (Å²) in [5, 5.41) is 5.99. The third-order valence-corrected chi connectivity index (χ3v) is 0.331. The number of aromatic nitrogens is 3. The van der Waals surface area contributed by atoms with Gasteiger partial charge in [0.2, 0.25) is 0 Å². The molecule has 6 heavy (non-hydrogen) atoms. The molecule has 0 fully saturated rings. The van der Waals surface area contributed by atoms with Gasteiger partial charge in [-0.2, -0.15) is 5.10 Å². The first-order chi connectivity index (χ1) is 2.50. The van der Waals surface area contributed by atoms with E-state index in [1.807, 2.05) is 0 Å². The fourth-order valence-corrected chi connectivity index (χ4v) is 0.167. The smallest absolute Gasteiger partial charge is 0.266 e. The topological polar surface area (TPSA) is 41.6 Å². The van der Waals surface area contributed by atoms with Crippen molar-refractivity contribution in [3.05, 3.63) is 12.7 Å². The van der Waals surface area contributed by atoms with Crippen molar-refractivity contribution >= 4 is 0 Å². The van der Waals surface area contributed by atoms with Gasteiger partial charge in [0.1, 0.15) is 12.7 Å².